The van der Waals surface area contributed by atoms with E-state index in [-0.39, 0.29) is 12.6 Å². The fourth-order valence-corrected chi connectivity index (χ4v) is 4.93. The van der Waals surface area contributed by atoms with Crippen molar-refractivity contribution < 1.29 is 32.1 Å². The fourth-order valence-electron chi connectivity index (χ4n) is 4.93. The van der Waals surface area contributed by atoms with Gasteiger partial charge in [-0.2, -0.15) is 13.2 Å². The van der Waals surface area contributed by atoms with E-state index in [1.54, 1.807) is 14.2 Å². The predicted molar refractivity (Wildman–Crippen MR) is 130 cm³/mol. The van der Waals surface area contributed by atoms with Crippen molar-refractivity contribution in [3.05, 3.63) is 60.0 Å². The van der Waals surface area contributed by atoms with E-state index in [0.717, 1.165) is 39.3 Å². The normalized spacial score (nSPS) is 15.8. The first-order valence-electron chi connectivity index (χ1n) is 11.3. The van der Waals surface area contributed by atoms with Crippen molar-refractivity contribution in [2.75, 3.05) is 38.3 Å². The number of rotatable bonds is 4. The molecular weight excluding hydrogens is 489 g/mol. The zero-order valence-corrected chi connectivity index (χ0v) is 20.0. The van der Waals surface area contributed by atoms with E-state index in [9.17, 15) is 13.2 Å². The Morgan fingerprint density at radius 3 is 2.41 bits per heavy atom. The standard InChI is InChI=1S/C26H21F3N4O4/c1-33-23-15(5-4-13-8-18-19(9-16(13)23)37-12-36-18)14-6-7-17(34-2)24(35-3)22(14)25(33)32-21-11-30-20(10-31-21)26(27,28)29/h4-11,25H,12H2,1-3H3,(H,31,32). The lowest BCUT2D eigenvalue weighted by Gasteiger charge is -2.39. The topological polar surface area (TPSA) is 78.0 Å². The van der Waals surface area contributed by atoms with Gasteiger partial charge in [0.2, 0.25) is 6.79 Å². The highest BCUT2D eigenvalue weighted by molar-refractivity contribution is 6.06. The Balaban J connectivity index is 1.55. The molecule has 3 aromatic carbocycles. The van der Waals surface area contributed by atoms with Crippen molar-refractivity contribution in [2.24, 2.45) is 0 Å². The Bertz CT molecular complexity index is 1530. The maximum atomic E-state index is 13.0. The molecule has 8 nitrogen and oxygen atoms in total. The number of benzene rings is 3. The number of hydrogen-bond acceptors (Lipinski definition) is 8. The summed E-state index contributed by atoms with van der Waals surface area (Å²) in [6, 6.07) is 11.7. The molecule has 190 valence electrons. The molecule has 2 aliphatic heterocycles. The predicted octanol–water partition coefficient (Wildman–Crippen LogP) is 5.62. The van der Waals surface area contributed by atoms with Gasteiger partial charge >= 0.3 is 6.18 Å². The number of alkyl halides is 3. The molecule has 1 unspecified atom stereocenters. The number of nitrogens with zero attached hydrogens (tertiary/aromatic N) is 3. The number of aromatic nitrogens is 2. The highest BCUT2D eigenvalue weighted by Gasteiger charge is 2.36. The molecule has 0 aliphatic carbocycles. The van der Waals surface area contributed by atoms with Gasteiger partial charge in [0.05, 0.1) is 32.3 Å². The summed E-state index contributed by atoms with van der Waals surface area (Å²) in [5.41, 5.74) is 2.40. The first-order valence-corrected chi connectivity index (χ1v) is 11.3. The molecule has 2 aliphatic rings. The summed E-state index contributed by atoms with van der Waals surface area (Å²) >= 11 is 0. The first kappa shape index (κ1) is 23.0. The van der Waals surface area contributed by atoms with Gasteiger partial charge in [0.1, 0.15) is 12.0 Å². The van der Waals surface area contributed by atoms with E-state index in [1.165, 1.54) is 0 Å². The maximum Gasteiger partial charge on any atom is 0.434 e. The number of methoxy groups -OCH3 is 2. The smallest absolute Gasteiger partial charge is 0.434 e. The average molecular weight is 510 g/mol. The van der Waals surface area contributed by atoms with Crippen molar-refractivity contribution in [1.82, 2.24) is 9.97 Å². The minimum absolute atomic E-state index is 0.153. The number of hydrogen-bond donors (Lipinski definition) is 1. The van der Waals surface area contributed by atoms with E-state index >= 15 is 0 Å². The molecule has 1 aromatic heterocycles. The third-order valence-corrected chi connectivity index (χ3v) is 6.60. The summed E-state index contributed by atoms with van der Waals surface area (Å²) in [7, 11) is 4.98. The van der Waals surface area contributed by atoms with Gasteiger partial charge in [-0.1, -0.05) is 12.1 Å². The number of nitrogens with one attached hydrogen (secondary N) is 1. The van der Waals surface area contributed by atoms with Crippen LogP contribution in [-0.2, 0) is 6.18 Å². The molecule has 1 atom stereocenters. The van der Waals surface area contributed by atoms with Crippen LogP contribution >= 0.6 is 0 Å². The lowest BCUT2D eigenvalue weighted by molar-refractivity contribution is -0.141. The Hall–Kier alpha value is -4.41. The second kappa shape index (κ2) is 8.32. The van der Waals surface area contributed by atoms with Gasteiger partial charge < -0.3 is 29.2 Å². The van der Waals surface area contributed by atoms with Gasteiger partial charge in [0.15, 0.2) is 28.7 Å². The second-order valence-electron chi connectivity index (χ2n) is 8.59. The van der Waals surface area contributed by atoms with E-state index in [2.05, 4.69) is 15.3 Å². The van der Waals surface area contributed by atoms with Crippen LogP contribution in [0, 0.1) is 0 Å². The number of ether oxygens (including phenoxy) is 4. The van der Waals surface area contributed by atoms with Crippen molar-refractivity contribution in [2.45, 2.75) is 12.3 Å². The van der Waals surface area contributed by atoms with Crippen molar-refractivity contribution in [3.63, 3.8) is 0 Å². The molecule has 6 rings (SSSR count). The summed E-state index contributed by atoms with van der Waals surface area (Å²) in [5.74, 6) is 2.51. The van der Waals surface area contributed by atoms with Crippen LogP contribution in [0.1, 0.15) is 17.4 Å². The summed E-state index contributed by atoms with van der Waals surface area (Å²) in [5, 5.41) is 5.12. The van der Waals surface area contributed by atoms with Crippen molar-refractivity contribution in [3.8, 4) is 34.1 Å². The fraction of sp³-hybridized carbons (Fsp3) is 0.231. The summed E-state index contributed by atoms with van der Waals surface area (Å²) < 4.78 is 61.6. The highest BCUT2D eigenvalue weighted by atomic mass is 19.4. The molecule has 0 bridgehead atoms. The maximum absolute atomic E-state index is 13.0. The molecule has 0 radical (unpaired) electrons. The summed E-state index contributed by atoms with van der Waals surface area (Å²) in [6.45, 7) is 0.153. The molecule has 0 saturated heterocycles. The molecule has 0 fully saturated rings. The minimum atomic E-state index is -4.58. The monoisotopic (exact) mass is 510 g/mol. The average Bonchev–Trinajstić information content (AvgIpc) is 3.35. The molecule has 37 heavy (non-hydrogen) atoms. The van der Waals surface area contributed by atoms with Gasteiger partial charge in [-0.25, -0.2) is 9.97 Å². The van der Waals surface area contributed by atoms with Crippen LogP contribution in [0.4, 0.5) is 24.7 Å². The van der Waals surface area contributed by atoms with Gasteiger partial charge in [-0.05, 0) is 35.2 Å². The van der Waals surface area contributed by atoms with Gasteiger partial charge in [0.25, 0.3) is 0 Å². The van der Waals surface area contributed by atoms with Gasteiger partial charge in [-0.15, -0.1) is 0 Å². The largest absolute Gasteiger partial charge is 0.493 e. The number of fused-ring (bicyclic) bond motifs is 6. The lowest BCUT2D eigenvalue weighted by Crippen LogP contribution is -2.34. The zero-order chi connectivity index (χ0) is 25.9. The van der Waals surface area contributed by atoms with Crippen LogP contribution in [0.5, 0.6) is 23.0 Å². The van der Waals surface area contributed by atoms with Gasteiger partial charge in [-0.3, -0.25) is 0 Å². The highest BCUT2D eigenvalue weighted by Crippen LogP contribution is 2.53. The SMILES string of the molecule is COc1ccc2c(c1OC)C(Nc1cnc(C(F)(F)F)cn1)N(C)c1c-2ccc2cc3c(cc12)OCO3. The molecule has 0 spiro atoms. The molecule has 1 N–H and O–H groups in total. The van der Waals surface area contributed by atoms with Crippen LogP contribution < -0.4 is 29.2 Å². The van der Waals surface area contributed by atoms with Crippen LogP contribution in [0.2, 0.25) is 0 Å². The third-order valence-electron chi connectivity index (χ3n) is 6.60. The third kappa shape index (κ3) is 3.61. The molecule has 3 heterocycles. The Labute approximate surface area is 209 Å². The van der Waals surface area contributed by atoms with Crippen LogP contribution in [0.3, 0.4) is 0 Å². The molecular formula is C26H21F3N4O4. The van der Waals surface area contributed by atoms with Crippen molar-refractivity contribution >= 4 is 22.3 Å². The first-order chi connectivity index (χ1) is 17.8. The number of halogens is 3. The quantitative estimate of drug-likeness (QED) is 0.379. The summed E-state index contributed by atoms with van der Waals surface area (Å²) in [6.07, 6.45) is -3.40. The molecule has 0 saturated carbocycles. The lowest BCUT2D eigenvalue weighted by atomic mass is 9.88. The number of anilines is 2. The van der Waals surface area contributed by atoms with Crippen LogP contribution in [-0.4, -0.2) is 38.0 Å². The van der Waals surface area contributed by atoms with Crippen LogP contribution in [0.25, 0.3) is 21.9 Å². The summed E-state index contributed by atoms with van der Waals surface area (Å²) in [4.78, 5) is 9.52. The molecule has 11 heteroatoms. The van der Waals surface area contributed by atoms with Gasteiger partial charge in [0, 0.05) is 23.6 Å². The van der Waals surface area contributed by atoms with Crippen LogP contribution in [0.15, 0.2) is 48.8 Å². The van der Waals surface area contributed by atoms with Crippen molar-refractivity contribution in [1.29, 1.82) is 0 Å². The molecule has 0 amide bonds. The van der Waals surface area contributed by atoms with E-state index in [0.29, 0.717) is 29.2 Å². The molecule has 4 aromatic rings. The second-order valence-corrected chi connectivity index (χ2v) is 8.59. The zero-order valence-electron chi connectivity index (χ0n) is 20.0. The minimum Gasteiger partial charge on any atom is -0.493 e. The Kier molecular flexibility index (Phi) is 5.18. The van der Waals surface area contributed by atoms with E-state index in [4.69, 9.17) is 18.9 Å². The van der Waals surface area contributed by atoms with E-state index < -0.39 is 18.0 Å². The Morgan fingerprint density at radius 2 is 1.73 bits per heavy atom. The van der Waals surface area contributed by atoms with E-state index in [1.807, 2.05) is 48.3 Å². The Morgan fingerprint density at radius 1 is 0.973 bits per heavy atom.